The quantitative estimate of drug-likeness (QED) is 0.565. The fourth-order valence-corrected chi connectivity index (χ4v) is 2.47. The summed E-state index contributed by atoms with van der Waals surface area (Å²) in [4.78, 5) is 4.09. The molecule has 15 heavy (non-hydrogen) atoms. The summed E-state index contributed by atoms with van der Waals surface area (Å²) in [5.41, 5.74) is 0.541. The highest BCUT2D eigenvalue weighted by molar-refractivity contribution is 9.10. The predicted molar refractivity (Wildman–Crippen MR) is 69.5 cm³/mol. The summed E-state index contributed by atoms with van der Waals surface area (Å²) in [5.74, 6) is 0. The van der Waals surface area contributed by atoms with Crippen molar-refractivity contribution in [2.75, 3.05) is 0 Å². The van der Waals surface area contributed by atoms with E-state index in [9.17, 15) is 0 Å². The van der Waals surface area contributed by atoms with Gasteiger partial charge in [0.2, 0.25) is 0 Å². The van der Waals surface area contributed by atoms with Crippen molar-refractivity contribution < 1.29 is 0 Å². The number of pyridine rings is 1. The molecule has 78 valence electrons. The molecule has 0 saturated carbocycles. The number of fused-ring (bicyclic) bond motifs is 1. The molecule has 0 fully saturated rings. The van der Waals surface area contributed by atoms with Crippen LogP contribution >= 0.6 is 62.3 Å². The van der Waals surface area contributed by atoms with Crippen LogP contribution in [0, 0.1) is 0 Å². The van der Waals surface area contributed by atoms with E-state index in [1.807, 2.05) is 0 Å². The maximum Gasteiger partial charge on any atom is 0.0920 e. The van der Waals surface area contributed by atoms with Gasteiger partial charge >= 0.3 is 0 Å². The van der Waals surface area contributed by atoms with Gasteiger partial charge < -0.3 is 0 Å². The average molecular weight is 346 g/mol. The highest BCUT2D eigenvalue weighted by Crippen LogP contribution is 2.40. The van der Waals surface area contributed by atoms with Crippen molar-refractivity contribution in [2.24, 2.45) is 0 Å². The van der Waals surface area contributed by atoms with Crippen LogP contribution in [-0.2, 0) is 0 Å². The second-order valence-electron chi connectivity index (χ2n) is 2.80. The standard InChI is InChI=1S/C9H2BrCl4N/c10-4-1-3-6(12)5(11)2-15-9(3)8(14)7(4)13/h1-2H. The molecule has 0 aliphatic rings. The van der Waals surface area contributed by atoms with Crippen molar-refractivity contribution in [3.8, 4) is 0 Å². The molecule has 1 nitrogen and oxygen atoms in total. The summed E-state index contributed by atoms with van der Waals surface area (Å²) in [6, 6.07) is 1.74. The largest absolute Gasteiger partial charge is 0.253 e. The summed E-state index contributed by atoms with van der Waals surface area (Å²) in [5, 5.41) is 2.25. The number of aromatic nitrogens is 1. The predicted octanol–water partition coefficient (Wildman–Crippen LogP) is 5.61. The zero-order valence-electron chi connectivity index (χ0n) is 6.99. The van der Waals surface area contributed by atoms with Crippen LogP contribution in [0.5, 0.6) is 0 Å². The Hall–Kier alpha value is 0.270. The Bertz CT molecular complexity index is 556. The SMILES string of the molecule is Clc1cnc2c(Cl)c(Cl)c(Br)cc2c1Cl. The normalized spacial score (nSPS) is 11.0. The minimum atomic E-state index is 0.361. The number of rotatable bonds is 0. The smallest absolute Gasteiger partial charge is 0.0920 e. The van der Waals surface area contributed by atoms with Crippen LogP contribution in [0.25, 0.3) is 10.9 Å². The second kappa shape index (κ2) is 4.27. The van der Waals surface area contributed by atoms with Crippen LogP contribution in [0.2, 0.25) is 20.1 Å². The Labute approximate surface area is 114 Å². The molecule has 0 radical (unpaired) electrons. The minimum absolute atomic E-state index is 0.361. The first kappa shape index (κ1) is 11.7. The maximum atomic E-state index is 6.03. The topological polar surface area (TPSA) is 12.9 Å². The van der Waals surface area contributed by atoms with Gasteiger partial charge in [0.15, 0.2) is 0 Å². The lowest BCUT2D eigenvalue weighted by molar-refractivity contribution is 1.41. The van der Waals surface area contributed by atoms with Crippen LogP contribution in [-0.4, -0.2) is 4.98 Å². The van der Waals surface area contributed by atoms with E-state index in [0.717, 1.165) is 0 Å². The number of halogens is 5. The van der Waals surface area contributed by atoms with Gasteiger partial charge in [-0.25, -0.2) is 0 Å². The van der Waals surface area contributed by atoms with Gasteiger partial charge in [0.1, 0.15) is 0 Å². The van der Waals surface area contributed by atoms with Crippen molar-refractivity contribution in [1.82, 2.24) is 4.98 Å². The summed E-state index contributed by atoms with van der Waals surface area (Å²) in [6.45, 7) is 0. The fourth-order valence-electron chi connectivity index (χ4n) is 1.19. The Morgan fingerprint density at radius 3 is 2.33 bits per heavy atom. The van der Waals surface area contributed by atoms with Crippen LogP contribution in [0.4, 0.5) is 0 Å². The van der Waals surface area contributed by atoms with Crippen molar-refractivity contribution in [2.45, 2.75) is 0 Å². The van der Waals surface area contributed by atoms with E-state index in [0.29, 0.717) is 35.5 Å². The summed E-state index contributed by atoms with van der Waals surface area (Å²) < 4.78 is 0.660. The zero-order valence-corrected chi connectivity index (χ0v) is 11.6. The molecule has 1 aromatic carbocycles. The lowest BCUT2D eigenvalue weighted by Gasteiger charge is -2.06. The van der Waals surface area contributed by atoms with Crippen LogP contribution in [0.15, 0.2) is 16.7 Å². The molecular weight excluding hydrogens is 344 g/mol. The van der Waals surface area contributed by atoms with Crippen LogP contribution in [0.3, 0.4) is 0 Å². The molecule has 0 aliphatic carbocycles. The first-order chi connectivity index (χ1) is 7.02. The minimum Gasteiger partial charge on any atom is -0.253 e. The molecule has 2 rings (SSSR count). The van der Waals surface area contributed by atoms with E-state index in [4.69, 9.17) is 46.4 Å². The zero-order chi connectivity index (χ0) is 11.2. The molecule has 0 N–H and O–H groups in total. The number of hydrogen-bond donors (Lipinski definition) is 0. The van der Waals surface area contributed by atoms with Gasteiger partial charge in [-0.15, -0.1) is 0 Å². The van der Waals surface area contributed by atoms with E-state index in [1.165, 1.54) is 6.20 Å². The monoisotopic (exact) mass is 343 g/mol. The first-order valence-electron chi connectivity index (χ1n) is 3.79. The Kier molecular flexibility index (Phi) is 3.34. The van der Waals surface area contributed by atoms with Crippen LogP contribution in [0.1, 0.15) is 0 Å². The first-order valence-corrected chi connectivity index (χ1v) is 6.10. The van der Waals surface area contributed by atoms with Crippen molar-refractivity contribution >= 4 is 73.2 Å². The van der Waals surface area contributed by atoms with Gasteiger partial charge in [0.25, 0.3) is 0 Å². The third-order valence-electron chi connectivity index (χ3n) is 1.89. The fraction of sp³-hybridized carbons (Fsp3) is 0. The molecule has 0 atom stereocenters. The van der Waals surface area contributed by atoms with Gasteiger partial charge in [0, 0.05) is 16.1 Å². The van der Waals surface area contributed by atoms with Crippen molar-refractivity contribution in [1.29, 1.82) is 0 Å². The Morgan fingerprint density at radius 2 is 1.67 bits per heavy atom. The number of hydrogen-bond acceptors (Lipinski definition) is 1. The third kappa shape index (κ3) is 1.94. The Morgan fingerprint density at radius 1 is 1.00 bits per heavy atom. The molecule has 2 aromatic rings. The van der Waals surface area contributed by atoms with Gasteiger partial charge in [-0.05, 0) is 22.0 Å². The van der Waals surface area contributed by atoms with E-state index in [-0.39, 0.29) is 0 Å². The maximum absolute atomic E-state index is 6.03. The molecule has 0 aliphatic heterocycles. The molecule has 0 amide bonds. The van der Waals surface area contributed by atoms with E-state index < -0.39 is 0 Å². The molecule has 0 unspecified atom stereocenters. The van der Waals surface area contributed by atoms with Gasteiger partial charge in [-0.1, -0.05) is 46.4 Å². The highest BCUT2D eigenvalue weighted by Gasteiger charge is 2.13. The Balaban J connectivity index is 2.98. The average Bonchev–Trinajstić information content (AvgIpc) is 2.21. The lowest BCUT2D eigenvalue weighted by atomic mass is 10.2. The molecule has 0 spiro atoms. The summed E-state index contributed by atoms with van der Waals surface area (Å²) in [6.07, 6.45) is 1.45. The molecule has 1 heterocycles. The molecule has 1 aromatic heterocycles. The van der Waals surface area contributed by atoms with Gasteiger partial charge in [-0.3, -0.25) is 4.98 Å². The van der Waals surface area contributed by atoms with E-state index >= 15 is 0 Å². The summed E-state index contributed by atoms with van der Waals surface area (Å²) >= 11 is 27.1. The van der Waals surface area contributed by atoms with Crippen LogP contribution < -0.4 is 0 Å². The van der Waals surface area contributed by atoms with E-state index in [1.54, 1.807) is 6.07 Å². The third-order valence-corrected chi connectivity index (χ3v) is 4.39. The summed E-state index contributed by atoms with van der Waals surface area (Å²) in [7, 11) is 0. The molecule has 0 saturated heterocycles. The molecule has 0 bridgehead atoms. The highest BCUT2D eigenvalue weighted by atomic mass is 79.9. The second-order valence-corrected chi connectivity index (χ2v) is 5.20. The van der Waals surface area contributed by atoms with Crippen molar-refractivity contribution in [3.63, 3.8) is 0 Å². The number of nitrogens with zero attached hydrogens (tertiary/aromatic N) is 1. The van der Waals surface area contributed by atoms with Gasteiger partial charge in [-0.2, -0.15) is 0 Å². The number of benzene rings is 1. The molecule has 6 heteroatoms. The van der Waals surface area contributed by atoms with Crippen molar-refractivity contribution in [3.05, 3.63) is 36.8 Å². The van der Waals surface area contributed by atoms with Gasteiger partial charge in [0.05, 0.1) is 25.6 Å². The molecular formula is C9H2BrCl4N. The lowest BCUT2D eigenvalue weighted by Crippen LogP contribution is -1.84. The van der Waals surface area contributed by atoms with E-state index in [2.05, 4.69) is 20.9 Å².